The van der Waals surface area contributed by atoms with Crippen LogP contribution in [0.1, 0.15) is 24.3 Å². The molecular formula is C16H18N2O4. The number of carbonyl (C=O) groups is 2. The van der Waals surface area contributed by atoms with E-state index in [0.29, 0.717) is 30.0 Å². The zero-order valence-corrected chi connectivity index (χ0v) is 12.7. The van der Waals surface area contributed by atoms with Gasteiger partial charge >= 0.3 is 0 Å². The first-order valence-electron chi connectivity index (χ1n) is 7.02. The number of rotatable bonds is 6. The largest absolute Gasteiger partial charge is 0.493 e. The molecular weight excluding hydrogens is 284 g/mol. The highest BCUT2D eigenvalue weighted by Gasteiger charge is 2.28. The van der Waals surface area contributed by atoms with Crippen LogP contribution < -0.4 is 9.47 Å². The Morgan fingerprint density at radius 3 is 2.64 bits per heavy atom. The summed E-state index contributed by atoms with van der Waals surface area (Å²) < 4.78 is 10.3. The molecule has 116 valence electrons. The fourth-order valence-corrected chi connectivity index (χ4v) is 2.52. The summed E-state index contributed by atoms with van der Waals surface area (Å²) in [5.74, 6) is -0.245. The second-order valence-corrected chi connectivity index (χ2v) is 5.06. The molecule has 1 aromatic rings. The third kappa shape index (κ3) is 3.19. The van der Waals surface area contributed by atoms with E-state index in [0.717, 1.165) is 6.42 Å². The number of hydrogen-bond donors (Lipinski definition) is 0. The second kappa shape index (κ2) is 6.94. The smallest absolute Gasteiger partial charge is 0.223 e. The average molecular weight is 302 g/mol. The Morgan fingerprint density at radius 1 is 1.36 bits per heavy atom. The molecule has 0 radical (unpaired) electrons. The molecule has 6 nitrogen and oxygen atoms in total. The van der Waals surface area contributed by atoms with Crippen LogP contribution in [0.5, 0.6) is 11.5 Å². The van der Waals surface area contributed by atoms with E-state index < -0.39 is 5.92 Å². The number of ketones is 1. The van der Waals surface area contributed by atoms with Gasteiger partial charge in [0.1, 0.15) is 5.92 Å². The molecule has 2 rings (SSSR count). The molecule has 1 heterocycles. The first kappa shape index (κ1) is 15.8. The van der Waals surface area contributed by atoms with E-state index in [1.807, 2.05) is 6.07 Å². The van der Waals surface area contributed by atoms with Crippen LogP contribution >= 0.6 is 0 Å². The molecule has 1 fully saturated rings. The average Bonchev–Trinajstić information content (AvgIpc) is 2.93. The maximum atomic E-state index is 12.3. The van der Waals surface area contributed by atoms with Crippen molar-refractivity contribution in [3.63, 3.8) is 0 Å². The molecule has 0 aliphatic carbocycles. The molecule has 1 unspecified atom stereocenters. The summed E-state index contributed by atoms with van der Waals surface area (Å²) in [6, 6.07) is 6.96. The minimum atomic E-state index is -0.923. The Bertz CT molecular complexity index is 621. The molecule has 6 heteroatoms. The van der Waals surface area contributed by atoms with Gasteiger partial charge < -0.3 is 14.4 Å². The van der Waals surface area contributed by atoms with Crippen LogP contribution in [0.2, 0.25) is 0 Å². The molecule has 0 saturated carbocycles. The summed E-state index contributed by atoms with van der Waals surface area (Å²) in [5.41, 5.74) is 0.539. The summed E-state index contributed by atoms with van der Waals surface area (Å²) in [6.45, 7) is 0.556. The molecule has 1 amide bonds. The van der Waals surface area contributed by atoms with E-state index in [1.54, 1.807) is 18.2 Å². The van der Waals surface area contributed by atoms with E-state index in [1.165, 1.54) is 19.1 Å². The van der Waals surface area contributed by atoms with E-state index in [-0.39, 0.29) is 18.2 Å². The number of likely N-dealkylation sites (tertiary alicyclic amines) is 1. The van der Waals surface area contributed by atoms with Gasteiger partial charge in [0.15, 0.2) is 17.3 Å². The van der Waals surface area contributed by atoms with Crippen molar-refractivity contribution in [3.05, 3.63) is 23.8 Å². The second-order valence-electron chi connectivity index (χ2n) is 5.06. The molecule has 1 aromatic carbocycles. The van der Waals surface area contributed by atoms with Gasteiger partial charge in [-0.2, -0.15) is 5.26 Å². The minimum absolute atomic E-state index is 0.0224. The van der Waals surface area contributed by atoms with Crippen molar-refractivity contribution >= 4 is 11.7 Å². The van der Waals surface area contributed by atoms with Crippen molar-refractivity contribution in [1.82, 2.24) is 4.90 Å². The zero-order valence-electron chi connectivity index (χ0n) is 12.7. The quantitative estimate of drug-likeness (QED) is 0.795. The maximum absolute atomic E-state index is 12.3. The predicted molar refractivity (Wildman–Crippen MR) is 78.7 cm³/mol. The maximum Gasteiger partial charge on any atom is 0.223 e. The Morgan fingerprint density at radius 2 is 2.09 bits per heavy atom. The summed E-state index contributed by atoms with van der Waals surface area (Å²) >= 11 is 0. The van der Waals surface area contributed by atoms with Gasteiger partial charge in [0.05, 0.1) is 26.8 Å². The molecule has 1 atom stereocenters. The highest BCUT2D eigenvalue weighted by Crippen LogP contribution is 2.31. The van der Waals surface area contributed by atoms with Crippen LogP contribution in [-0.2, 0) is 9.59 Å². The lowest BCUT2D eigenvalue weighted by molar-refractivity contribution is -0.132. The van der Waals surface area contributed by atoms with Gasteiger partial charge in [-0.05, 0) is 24.1 Å². The third-order valence-electron chi connectivity index (χ3n) is 3.71. The summed E-state index contributed by atoms with van der Waals surface area (Å²) in [5, 5.41) is 9.33. The number of Topliss-reactive ketones (excluding diaryl/α,β-unsaturated/α-hetero) is 1. The normalized spacial score (nSPS) is 15.3. The standard InChI is InChI=1S/C16H18N2O4/c1-21-14-6-5-11(8-15(14)22-2)12(9-17)13(19)10-18-7-3-4-16(18)20/h5-6,8,12H,3-4,7,10H2,1-2H3. The predicted octanol–water partition coefficient (Wildman–Crippen LogP) is 1.50. The van der Waals surface area contributed by atoms with E-state index in [9.17, 15) is 14.9 Å². The SMILES string of the molecule is COc1ccc(C(C#N)C(=O)CN2CCCC2=O)cc1OC. The molecule has 0 bridgehead atoms. The zero-order chi connectivity index (χ0) is 16.1. The number of benzene rings is 1. The summed E-state index contributed by atoms with van der Waals surface area (Å²) in [4.78, 5) is 25.4. The Labute approximate surface area is 129 Å². The molecule has 0 aromatic heterocycles. The van der Waals surface area contributed by atoms with Crippen LogP contribution in [-0.4, -0.2) is 43.9 Å². The minimum Gasteiger partial charge on any atom is -0.493 e. The number of carbonyl (C=O) groups excluding carboxylic acids is 2. The molecule has 0 spiro atoms. The Balaban J connectivity index is 2.19. The van der Waals surface area contributed by atoms with E-state index in [2.05, 4.69) is 0 Å². The molecule has 22 heavy (non-hydrogen) atoms. The lowest BCUT2D eigenvalue weighted by Crippen LogP contribution is -2.33. The van der Waals surface area contributed by atoms with Gasteiger partial charge in [-0.15, -0.1) is 0 Å². The molecule has 1 aliphatic heterocycles. The summed E-state index contributed by atoms with van der Waals surface area (Å²) in [7, 11) is 3.01. The van der Waals surface area contributed by atoms with Gasteiger partial charge in [0.2, 0.25) is 5.91 Å². The number of amides is 1. The topological polar surface area (TPSA) is 79.6 Å². The van der Waals surface area contributed by atoms with Crippen LogP contribution in [0.15, 0.2) is 18.2 Å². The number of hydrogen-bond acceptors (Lipinski definition) is 5. The number of nitriles is 1. The van der Waals surface area contributed by atoms with Gasteiger partial charge in [0.25, 0.3) is 0 Å². The van der Waals surface area contributed by atoms with Crippen molar-refractivity contribution in [1.29, 1.82) is 5.26 Å². The fourth-order valence-electron chi connectivity index (χ4n) is 2.52. The van der Waals surface area contributed by atoms with Crippen molar-refractivity contribution in [2.75, 3.05) is 27.3 Å². The van der Waals surface area contributed by atoms with Crippen LogP contribution in [0.25, 0.3) is 0 Å². The lowest BCUT2D eigenvalue weighted by Gasteiger charge is -2.17. The lowest BCUT2D eigenvalue weighted by atomic mass is 9.95. The molecule has 1 saturated heterocycles. The number of methoxy groups -OCH3 is 2. The third-order valence-corrected chi connectivity index (χ3v) is 3.71. The van der Waals surface area contributed by atoms with E-state index in [4.69, 9.17) is 9.47 Å². The van der Waals surface area contributed by atoms with Crippen molar-refractivity contribution in [2.45, 2.75) is 18.8 Å². The van der Waals surface area contributed by atoms with Crippen molar-refractivity contribution in [3.8, 4) is 17.6 Å². The van der Waals surface area contributed by atoms with Crippen LogP contribution in [0, 0.1) is 11.3 Å². The number of nitrogens with zero attached hydrogens (tertiary/aromatic N) is 2. The van der Waals surface area contributed by atoms with Crippen molar-refractivity contribution in [2.24, 2.45) is 0 Å². The number of ether oxygens (including phenoxy) is 2. The van der Waals surface area contributed by atoms with E-state index >= 15 is 0 Å². The van der Waals surface area contributed by atoms with Crippen LogP contribution in [0.3, 0.4) is 0 Å². The first-order valence-corrected chi connectivity index (χ1v) is 7.02. The van der Waals surface area contributed by atoms with Gasteiger partial charge in [-0.25, -0.2) is 0 Å². The van der Waals surface area contributed by atoms with Crippen molar-refractivity contribution < 1.29 is 19.1 Å². The molecule has 1 aliphatic rings. The summed E-state index contributed by atoms with van der Waals surface area (Å²) in [6.07, 6.45) is 1.24. The molecule has 0 N–H and O–H groups in total. The highest BCUT2D eigenvalue weighted by atomic mass is 16.5. The van der Waals surface area contributed by atoms with Gasteiger partial charge in [-0.3, -0.25) is 9.59 Å². The Hall–Kier alpha value is -2.55. The highest BCUT2D eigenvalue weighted by molar-refractivity contribution is 5.93. The van der Waals surface area contributed by atoms with Crippen LogP contribution in [0.4, 0.5) is 0 Å². The van der Waals surface area contributed by atoms with Gasteiger partial charge in [-0.1, -0.05) is 6.07 Å². The monoisotopic (exact) mass is 302 g/mol. The fraction of sp³-hybridized carbons (Fsp3) is 0.438. The first-order chi connectivity index (χ1) is 10.6. The van der Waals surface area contributed by atoms with Gasteiger partial charge in [0, 0.05) is 13.0 Å². The Kier molecular flexibility index (Phi) is 4.99.